The third-order valence-electron chi connectivity index (χ3n) is 13.9. The second-order valence-corrected chi connectivity index (χ2v) is 16.0. The molecule has 3 N–H and O–H groups in total. The van der Waals surface area contributed by atoms with E-state index in [-0.39, 0.29) is 41.7 Å². The number of nitrogens with one attached hydrogen (secondary N) is 1. The van der Waals surface area contributed by atoms with E-state index >= 15 is 0 Å². The number of aliphatic hydroxyl groups excluding tert-OH is 1. The Balaban J connectivity index is 1.24. The van der Waals surface area contributed by atoms with Crippen LogP contribution in [0.4, 0.5) is 4.79 Å². The van der Waals surface area contributed by atoms with Gasteiger partial charge in [0.25, 0.3) is 0 Å². The molecule has 0 radical (unpaired) electrons. The maximum atomic E-state index is 14.5. The molecule has 8 heteroatoms. The lowest BCUT2D eigenvalue weighted by Crippen LogP contribution is -2.67. The van der Waals surface area contributed by atoms with Crippen LogP contribution in [0, 0.1) is 33.5 Å². The van der Waals surface area contributed by atoms with Crippen molar-refractivity contribution in [3.05, 3.63) is 83.9 Å². The number of methoxy groups -OCH3 is 1. The highest BCUT2D eigenvalue weighted by Gasteiger charge is 2.74. The van der Waals surface area contributed by atoms with Crippen LogP contribution in [0.5, 0.6) is 0 Å². The van der Waals surface area contributed by atoms with Crippen molar-refractivity contribution in [1.29, 1.82) is 0 Å². The number of amides is 2. The van der Waals surface area contributed by atoms with Crippen molar-refractivity contribution in [3.63, 3.8) is 0 Å². The number of Topliss-reactive ketones (excluding diaryl/α,β-unsaturated/α-hetero) is 1. The quantitative estimate of drug-likeness (QED) is 0.146. The third-order valence-corrected chi connectivity index (χ3v) is 13.9. The Morgan fingerprint density at radius 1 is 1.02 bits per heavy atom. The Bertz CT molecular complexity index is 1590. The molecule has 8 rings (SSSR count). The molecule has 3 saturated carbocycles. The summed E-state index contributed by atoms with van der Waals surface area (Å²) in [5.74, 6) is 0.420. The number of furan rings is 1. The van der Waals surface area contributed by atoms with Gasteiger partial charge in [-0.1, -0.05) is 62.4 Å². The molecule has 9 unspecified atom stereocenters. The Hall–Kier alpha value is -3.20. The van der Waals surface area contributed by atoms with Gasteiger partial charge in [0.2, 0.25) is 5.78 Å². The SMILES string of the molecule is COCCCN(CC1(O)CCC2C34C=CC5(C=C3C(=O)c3ccco3)CC(O)CCC5(C)C4CCC21C)C(=O)NC(C)c1ccccc1. The number of carbonyl (C=O) groups is 2. The molecule has 0 aliphatic heterocycles. The molecular weight excluding hydrogens is 604 g/mol. The number of carbonyl (C=O) groups excluding carboxylic acids is 2. The minimum absolute atomic E-state index is 0.00994. The Morgan fingerprint density at radius 2 is 1.75 bits per heavy atom. The number of nitrogens with zero attached hydrogens (tertiary/aromatic N) is 1. The fourth-order valence-corrected chi connectivity index (χ4v) is 11.2. The van der Waals surface area contributed by atoms with Gasteiger partial charge in [-0.15, -0.1) is 0 Å². The van der Waals surface area contributed by atoms with Gasteiger partial charge in [0.15, 0.2) is 5.76 Å². The van der Waals surface area contributed by atoms with Crippen LogP contribution in [0.2, 0.25) is 0 Å². The normalized spacial score (nSPS) is 38.4. The zero-order chi connectivity index (χ0) is 34.0. The van der Waals surface area contributed by atoms with E-state index in [1.54, 1.807) is 30.4 Å². The molecule has 6 aliphatic rings. The van der Waals surface area contributed by atoms with E-state index in [4.69, 9.17) is 9.15 Å². The van der Waals surface area contributed by atoms with Gasteiger partial charge in [0.1, 0.15) is 0 Å². The van der Waals surface area contributed by atoms with Crippen molar-refractivity contribution in [2.45, 2.75) is 89.9 Å². The van der Waals surface area contributed by atoms with Crippen LogP contribution in [0.15, 0.2) is 76.9 Å². The maximum Gasteiger partial charge on any atom is 0.317 e. The fraction of sp³-hybridized carbons (Fsp3) is 0.600. The summed E-state index contributed by atoms with van der Waals surface area (Å²) in [6, 6.07) is 13.0. The van der Waals surface area contributed by atoms with Gasteiger partial charge in [-0.25, -0.2) is 4.79 Å². The first-order chi connectivity index (χ1) is 22.9. The number of urea groups is 1. The first kappa shape index (κ1) is 33.3. The van der Waals surface area contributed by atoms with Crippen LogP contribution < -0.4 is 5.32 Å². The predicted molar refractivity (Wildman–Crippen MR) is 183 cm³/mol. The van der Waals surface area contributed by atoms with Crippen LogP contribution in [-0.2, 0) is 4.74 Å². The van der Waals surface area contributed by atoms with Gasteiger partial charge >= 0.3 is 6.03 Å². The number of ether oxygens (including phenoxy) is 1. The molecule has 2 bridgehead atoms. The summed E-state index contributed by atoms with van der Waals surface area (Å²) < 4.78 is 11.1. The van der Waals surface area contributed by atoms with Crippen LogP contribution >= 0.6 is 0 Å². The molecular formula is C40H52N2O6. The monoisotopic (exact) mass is 656 g/mol. The van der Waals surface area contributed by atoms with Gasteiger partial charge in [0.05, 0.1) is 30.6 Å². The van der Waals surface area contributed by atoms with Crippen LogP contribution in [0.25, 0.3) is 0 Å². The lowest BCUT2D eigenvalue weighted by Gasteiger charge is -2.71. The van der Waals surface area contributed by atoms with Crippen LogP contribution in [0.3, 0.4) is 0 Å². The number of rotatable bonds is 10. The molecule has 9 atom stereocenters. The topological polar surface area (TPSA) is 112 Å². The summed E-state index contributed by atoms with van der Waals surface area (Å²) in [4.78, 5) is 30.2. The molecule has 3 fully saturated rings. The molecule has 258 valence electrons. The second kappa shape index (κ2) is 12.0. The van der Waals surface area contributed by atoms with Gasteiger partial charge in [-0.05, 0) is 93.2 Å². The molecule has 8 nitrogen and oxygen atoms in total. The number of fused-ring (bicyclic) bond motifs is 1. The highest BCUT2D eigenvalue weighted by molar-refractivity contribution is 6.08. The fourth-order valence-electron chi connectivity index (χ4n) is 11.2. The van der Waals surface area contributed by atoms with E-state index in [1.165, 1.54) is 0 Å². The van der Waals surface area contributed by atoms with E-state index in [0.717, 1.165) is 43.2 Å². The van der Waals surface area contributed by atoms with Gasteiger partial charge in [-0.2, -0.15) is 0 Å². The highest BCUT2D eigenvalue weighted by Crippen LogP contribution is 2.78. The van der Waals surface area contributed by atoms with Gasteiger partial charge in [0, 0.05) is 42.1 Å². The van der Waals surface area contributed by atoms with Crippen molar-refractivity contribution in [3.8, 4) is 0 Å². The molecule has 1 aromatic carbocycles. The summed E-state index contributed by atoms with van der Waals surface area (Å²) in [5.41, 5.74) is -1.01. The number of aliphatic hydroxyl groups is 2. The molecule has 1 aromatic heterocycles. The molecule has 2 spiro atoms. The second-order valence-electron chi connectivity index (χ2n) is 16.0. The van der Waals surface area contributed by atoms with Crippen LogP contribution in [-0.4, -0.2) is 65.4 Å². The van der Waals surface area contributed by atoms with E-state index in [1.807, 2.05) is 37.3 Å². The van der Waals surface area contributed by atoms with Crippen molar-refractivity contribution < 1.29 is 29.0 Å². The largest absolute Gasteiger partial charge is 0.461 e. The number of hydrogen-bond acceptors (Lipinski definition) is 6. The van der Waals surface area contributed by atoms with E-state index in [9.17, 15) is 19.8 Å². The molecule has 2 amide bonds. The summed E-state index contributed by atoms with van der Waals surface area (Å²) in [6.45, 7) is 7.76. The zero-order valence-corrected chi connectivity index (χ0v) is 28.9. The van der Waals surface area contributed by atoms with Crippen molar-refractivity contribution in [2.75, 3.05) is 26.8 Å². The Kier molecular flexibility index (Phi) is 8.32. The number of hydrogen-bond donors (Lipinski definition) is 3. The average molecular weight is 657 g/mol. The van der Waals surface area contributed by atoms with Gasteiger partial charge in [-0.3, -0.25) is 4.79 Å². The molecule has 2 aromatic rings. The highest BCUT2D eigenvalue weighted by atomic mass is 16.5. The molecule has 1 heterocycles. The van der Waals surface area contributed by atoms with E-state index < -0.39 is 27.9 Å². The van der Waals surface area contributed by atoms with E-state index in [2.05, 4.69) is 37.4 Å². The number of benzene rings is 1. The zero-order valence-electron chi connectivity index (χ0n) is 28.9. The average Bonchev–Trinajstić information content (AvgIpc) is 3.71. The molecule has 6 aliphatic carbocycles. The standard InChI is InChI=1S/C40H52N2O6/c1-27(28-10-6-5-7-11-28)41-35(45)42(21-9-22-47-4)26-39(46)18-15-33-37(39,3)17-14-32-36(2)16-13-29(43)24-38(36)19-20-40(32,33)30(25-38)34(44)31-12-8-23-48-31/h5-8,10-12,19-20,23,25,27,29,32-33,43,46H,9,13-18,21-22,24,26H2,1-4H3,(H,41,45). The summed E-state index contributed by atoms with van der Waals surface area (Å²) in [6.07, 6.45) is 13.8. The summed E-state index contributed by atoms with van der Waals surface area (Å²) in [5, 5.41) is 27.0. The third kappa shape index (κ3) is 4.80. The van der Waals surface area contributed by atoms with Gasteiger partial charge < -0.3 is 29.6 Å². The Morgan fingerprint density at radius 3 is 2.48 bits per heavy atom. The molecule has 48 heavy (non-hydrogen) atoms. The first-order valence-electron chi connectivity index (χ1n) is 17.9. The maximum absolute atomic E-state index is 14.5. The number of allylic oxidation sites excluding steroid dienone is 4. The predicted octanol–water partition coefficient (Wildman–Crippen LogP) is 6.86. The minimum Gasteiger partial charge on any atom is -0.461 e. The summed E-state index contributed by atoms with van der Waals surface area (Å²) >= 11 is 0. The smallest absolute Gasteiger partial charge is 0.317 e. The van der Waals surface area contributed by atoms with Crippen LogP contribution in [0.1, 0.15) is 94.3 Å². The van der Waals surface area contributed by atoms with Crippen molar-refractivity contribution in [1.82, 2.24) is 10.2 Å². The Labute approximate surface area is 284 Å². The minimum atomic E-state index is -1.15. The lowest BCUT2D eigenvalue weighted by molar-refractivity contribution is -0.174. The number of ketones is 1. The van der Waals surface area contributed by atoms with E-state index in [0.29, 0.717) is 38.2 Å². The lowest BCUT2D eigenvalue weighted by atomic mass is 9.32. The van der Waals surface area contributed by atoms with Crippen molar-refractivity contribution >= 4 is 11.8 Å². The molecule has 0 saturated heterocycles. The van der Waals surface area contributed by atoms with Crippen molar-refractivity contribution in [2.24, 2.45) is 33.5 Å². The summed E-state index contributed by atoms with van der Waals surface area (Å²) in [7, 11) is 1.66. The first-order valence-corrected chi connectivity index (χ1v) is 17.9.